The van der Waals surface area contributed by atoms with Crippen molar-refractivity contribution >= 4 is 10.4 Å². The van der Waals surface area contributed by atoms with Gasteiger partial charge in [-0.1, -0.05) is 45.4 Å². The van der Waals surface area contributed by atoms with E-state index in [-0.39, 0.29) is 46.1 Å². The first-order valence-corrected chi connectivity index (χ1v) is 14.5. The van der Waals surface area contributed by atoms with Crippen LogP contribution in [-0.4, -0.2) is 70.2 Å². The summed E-state index contributed by atoms with van der Waals surface area (Å²) in [5, 5.41) is 0. The fourth-order valence-corrected chi connectivity index (χ4v) is 4.74. The summed E-state index contributed by atoms with van der Waals surface area (Å²) in [6.45, 7) is 12.8. The van der Waals surface area contributed by atoms with E-state index in [0.29, 0.717) is 6.42 Å². The van der Waals surface area contributed by atoms with Gasteiger partial charge in [-0.15, -0.1) is 0 Å². The Morgan fingerprint density at radius 3 is 1.34 bits per heavy atom. The summed E-state index contributed by atoms with van der Waals surface area (Å²) >= 11 is 0. The summed E-state index contributed by atoms with van der Waals surface area (Å²) in [5.74, 6) is -6.40. The van der Waals surface area contributed by atoms with Crippen LogP contribution in [0.2, 0.25) is 0 Å². The van der Waals surface area contributed by atoms with Crippen molar-refractivity contribution in [1.29, 1.82) is 0 Å². The molecule has 1 N–H and O–H groups in total. The molecule has 0 rings (SSSR count). The van der Waals surface area contributed by atoms with Crippen LogP contribution in [0, 0.1) is 0 Å². The maximum atomic E-state index is 12.1. The van der Waals surface area contributed by atoms with Crippen LogP contribution in [0.3, 0.4) is 0 Å². The highest BCUT2D eigenvalue weighted by atomic mass is 32.3. The average Bonchev–Trinajstić information content (AvgIpc) is 2.77. The SMILES string of the molecule is CCCCCCCCCC(OCC)(OCC)C(OCC)(OCC)C(OCC)(OCC)OS(=O)(=O)O. The second-order valence-corrected chi connectivity index (χ2v) is 8.93. The zero-order chi connectivity index (χ0) is 26.8. The predicted octanol–water partition coefficient (Wildman–Crippen LogP) is 5.21. The van der Waals surface area contributed by atoms with E-state index < -0.39 is 27.9 Å². The first-order chi connectivity index (χ1) is 16.6. The molecular formula is C24H50O10S. The average molecular weight is 531 g/mol. The minimum Gasteiger partial charge on any atom is -0.345 e. The minimum absolute atomic E-state index is 0.0512. The first kappa shape index (κ1) is 34.6. The molecule has 0 saturated carbocycles. The van der Waals surface area contributed by atoms with Gasteiger partial charge < -0.3 is 28.4 Å². The second-order valence-electron chi connectivity index (χ2n) is 7.91. The van der Waals surface area contributed by atoms with Crippen molar-refractivity contribution in [1.82, 2.24) is 0 Å². The van der Waals surface area contributed by atoms with Gasteiger partial charge in [0.05, 0.1) is 0 Å². The molecule has 0 unspecified atom stereocenters. The Hall–Kier alpha value is -0.370. The molecule has 0 fully saturated rings. The van der Waals surface area contributed by atoms with Crippen LogP contribution < -0.4 is 0 Å². The Labute approximate surface area is 213 Å². The molecule has 212 valence electrons. The lowest BCUT2D eigenvalue weighted by atomic mass is 9.94. The van der Waals surface area contributed by atoms with Gasteiger partial charge in [0, 0.05) is 46.1 Å². The molecule has 0 bridgehead atoms. The van der Waals surface area contributed by atoms with Crippen LogP contribution in [0.15, 0.2) is 0 Å². The van der Waals surface area contributed by atoms with Crippen molar-refractivity contribution in [3.05, 3.63) is 0 Å². The number of hydrogen-bond acceptors (Lipinski definition) is 9. The van der Waals surface area contributed by atoms with E-state index in [1.54, 1.807) is 41.5 Å². The number of rotatable bonds is 24. The van der Waals surface area contributed by atoms with E-state index in [1.807, 2.05) is 0 Å². The quantitative estimate of drug-likeness (QED) is 0.101. The molecule has 11 heteroatoms. The van der Waals surface area contributed by atoms with Crippen molar-refractivity contribution < 1.29 is 45.6 Å². The molecule has 10 nitrogen and oxygen atoms in total. The molecule has 35 heavy (non-hydrogen) atoms. The third kappa shape index (κ3) is 10.1. The van der Waals surface area contributed by atoms with Crippen LogP contribution >= 0.6 is 0 Å². The Morgan fingerprint density at radius 1 is 0.571 bits per heavy atom. The molecule has 0 aromatic rings. The zero-order valence-electron chi connectivity index (χ0n) is 22.9. The molecule has 0 aromatic heterocycles. The molecule has 0 aliphatic rings. The van der Waals surface area contributed by atoms with Gasteiger partial charge in [-0.05, 0) is 48.0 Å². The van der Waals surface area contributed by atoms with Gasteiger partial charge in [0.1, 0.15) is 0 Å². The topological polar surface area (TPSA) is 119 Å². The Balaban J connectivity index is 6.73. The van der Waals surface area contributed by atoms with Crippen molar-refractivity contribution in [3.63, 3.8) is 0 Å². The molecule has 0 heterocycles. The van der Waals surface area contributed by atoms with E-state index in [2.05, 4.69) is 6.92 Å². The monoisotopic (exact) mass is 530 g/mol. The maximum Gasteiger partial charge on any atom is 0.402 e. The molecule has 0 amide bonds. The van der Waals surface area contributed by atoms with Gasteiger partial charge in [0.25, 0.3) is 0 Å². The highest BCUT2D eigenvalue weighted by Crippen LogP contribution is 2.48. The van der Waals surface area contributed by atoms with Gasteiger partial charge in [0.2, 0.25) is 5.79 Å². The van der Waals surface area contributed by atoms with Crippen molar-refractivity contribution in [3.8, 4) is 0 Å². The lowest BCUT2D eigenvalue weighted by Gasteiger charge is -2.54. The van der Waals surface area contributed by atoms with E-state index >= 15 is 0 Å². The van der Waals surface area contributed by atoms with E-state index in [4.69, 9.17) is 32.6 Å². The summed E-state index contributed by atoms with van der Waals surface area (Å²) in [4.78, 5) is 0. The van der Waals surface area contributed by atoms with Gasteiger partial charge in [-0.2, -0.15) is 12.6 Å². The summed E-state index contributed by atoms with van der Waals surface area (Å²) in [6.07, 6.45) is 7.57. The van der Waals surface area contributed by atoms with E-state index in [1.165, 1.54) is 19.3 Å². The standard InChI is InChI=1S/C24H50O10S/c1-8-15-16-17-18-19-20-21-22(28-9-2,29-10-3)23(30-11-4,31-12-5)24(32-13-6,33-14-7)34-35(25,26)27/h8-21H2,1-7H3,(H,25,26,27). The third-order valence-electron chi connectivity index (χ3n) is 5.35. The normalized spacial score (nSPS) is 13.5. The summed E-state index contributed by atoms with van der Waals surface area (Å²) < 4.78 is 75.3. The lowest BCUT2D eigenvalue weighted by molar-refractivity contribution is -0.537. The van der Waals surface area contributed by atoms with Crippen molar-refractivity contribution in [2.24, 2.45) is 0 Å². The smallest absolute Gasteiger partial charge is 0.345 e. The van der Waals surface area contributed by atoms with Gasteiger partial charge in [-0.25, -0.2) is 0 Å². The predicted molar refractivity (Wildman–Crippen MR) is 133 cm³/mol. The van der Waals surface area contributed by atoms with E-state index in [0.717, 1.165) is 19.3 Å². The highest BCUT2D eigenvalue weighted by Gasteiger charge is 2.73. The fraction of sp³-hybridized carbons (Fsp3) is 1.00. The van der Waals surface area contributed by atoms with Crippen molar-refractivity contribution in [2.45, 2.75) is 117 Å². The molecule has 0 atom stereocenters. The summed E-state index contributed by atoms with van der Waals surface area (Å²) in [7, 11) is -5.10. The van der Waals surface area contributed by atoms with Gasteiger partial charge in [0.15, 0.2) is 0 Å². The molecule has 0 aliphatic heterocycles. The zero-order valence-corrected chi connectivity index (χ0v) is 23.7. The van der Waals surface area contributed by atoms with Crippen LogP contribution in [0.1, 0.15) is 99.8 Å². The van der Waals surface area contributed by atoms with E-state index in [9.17, 15) is 13.0 Å². The molecule has 0 spiro atoms. The third-order valence-corrected chi connectivity index (χ3v) is 5.78. The second kappa shape index (κ2) is 18.0. The van der Waals surface area contributed by atoms with Gasteiger partial charge in [-0.3, -0.25) is 4.55 Å². The number of hydrogen-bond donors (Lipinski definition) is 1. The molecule has 0 aromatic carbocycles. The molecular weight excluding hydrogens is 480 g/mol. The summed E-state index contributed by atoms with van der Waals surface area (Å²) in [6, 6.07) is 0. The Bertz CT molecular complexity index is 608. The largest absolute Gasteiger partial charge is 0.402 e. The van der Waals surface area contributed by atoms with Crippen LogP contribution in [-0.2, 0) is 43.0 Å². The van der Waals surface area contributed by atoms with Crippen LogP contribution in [0.25, 0.3) is 0 Å². The fourth-order valence-electron chi connectivity index (χ4n) is 4.25. The Morgan fingerprint density at radius 2 is 0.971 bits per heavy atom. The maximum absolute atomic E-state index is 12.1. The number of ether oxygens (including phenoxy) is 6. The molecule has 0 saturated heterocycles. The molecule has 0 aliphatic carbocycles. The van der Waals surface area contributed by atoms with Gasteiger partial charge >= 0.3 is 22.2 Å². The minimum atomic E-state index is -5.10. The lowest BCUT2D eigenvalue weighted by Crippen LogP contribution is -2.75. The highest BCUT2D eigenvalue weighted by molar-refractivity contribution is 7.80. The Kier molecular flexibility index (Phi) is 17.8. The molecule has 0 radical (unpaired) electrons. The van der Waals surface area contributed by atoms with Crippen LogP contribution in [0.4, 0.5) is 0 Å². The first-order valence-electron chi connectivity index (χ1n) is 13.1. The number of unbranched alkanes of at least 4 members (excludes halogenated alkanes) is 6. The van der Waals surface area contributed by atoms with Crippen LogP contribution in [0.5, 0.6) is 0 Å². The summed E-state index contributed by atoms with van der Waals surface area (Å²) in [5.41, 5.74) is 0. The van der Waals surface area contributed by atoms with Crippen molar-refractivity contribution in [2.75, 3.05) is 39.6 Å².